The lowest BCUT2D eigenvalue weighted by Gasteiger charge is -2.22. The van der Waals surface area contributed by atoms with Gasteiger partial charge in [-0.05, 0) is 20.8 Å². The highest BCUT2D eigenvalue weighted by Crippen LogP contribution is 2.27. The molecular weight excluding hydrogens is 331 g/mol. The smallest absolute Gasteiger partial charge is 0.408 e. The van der Waals surface area contributed by atoms with E-state index in [2.05, 4.69) is 4.74 Å². The summed E-state index contributed by atoms with van der Waals surface area (Å²) < 4.78 is 50.6. The maximum Gasteiger partial charge on any atom is 0.408 e. The van der Waals surface area contributed by atoms with Gasteiger partial charge in [0.25, 0.3) is 0 Å². The number of rotatable bonds is 5. The first kappa shape index (κ1) is 19.6. The SMILES string of the molecule is COc1c(F)cc(F)c(CC(NC(=O)OC(C)(C)C)C(=O)O)c1F. The average Bonchev–Trinajstić information content (AvgIpc) is 2.39. The van der Waals surface area contributed by atoms with E-state index in [1.165, 1.54) is 0 Å². The van der Waals surface area contributed by atoms with Gasteiger partial charge in [0, 0.05) is 18.1 Å². The Morgan fingerprint density at radius 2 is 1.83 bits per heavy atom. The van der Waals surface area contributed by atoms with E-state index in [1.54, 1.807) is 20.8 Å². The topological polar surface area (TPSA) is 84.9 Å². The van der Waals surface area contributed by atoms with Crippen LogP contribution in [0.5, 0.6) is 5.75 Å². The Morgan fingerprint density at radius 3 is 2.29 bits per heavy atom. The lowest BCUT2D eigenvalue weighted by Crippen LogP contribution is -2.45. The molecule has 1 rings (SSSR count). The van der Waals surface area contributed by atoms with Crippen LogP contribution in [0.2, 0.25) is 0 Å². The van der Waals surface area contributed by atoms with Crippen molar-refractivity contribution in [3.05, 3.63) is 29.1 Å². The standard InChI is InChI=1S/C15H18F3NO5/c1-15(2,3)24-14(22)19-10(13(20)21)5-7-8(16)6-9(17)12(23-4)11(7)18/h6,10H,5H2,1-4H3,(H,19,22)(H,20,21). The minimum absolute atomic E-state index is 0.379. The number of ether oxygens (including phenoxy) is 2. The van der Waals surface area contributed by atoms with Crippen molar-refractivity contribution in [3.63, 3.8) is 0 Å². The molecular formula is C15H18F3NO5. The first-order chi connectivity index (χ1) is 11.0. The lowest BCUT2D eigenvalue weighted by molar-refractivity contribution is -0.139. The number of benzene rings is 1. The molecule has 134 valence electrons. The number of amides is 1. The minimum Gasteiger partial charge on any atom is -0.491 e. The second kappa shape index (κ2) is 7.41. The number of halogens is 3. The van der Waals surface area contributed by atoms with Crippen LogP contribution in [0.25, 0.3) is 0 Å². The van der Waals surface area contributed by atoms with Gasteiger partial charge in [0.05, 0.1) is 7.11 Å². The molecule has 1 atom stereocenters. The number of nitrogens with one attached hydrogen (secondary N) is 1. The summed E-state index contributed by atoms with van der Waals surface area (Å²) in [6, 6.07) is -1.30. The van der Waals surface area contributed by atoms with Crippen LogP contribution in [0, 0.1) is 17.5 Å². The first-order valence-corrected chi connectivity index (χ1v) is 6.89. The maximum atomic E-state index is 14.1. The van der Waals surface area contributed by atoms with Crippen LogP contribution >= 0.6 is 0 Å². The predicted octanol–water partition coefficient (Wildman–Crippen LogP) is 2.63. The molecule has 0 fully saturated rings. The second-order valence-corrected chi connectivity index (χ2v) is 5.91. The summed E-state index contributed by atoms with van der Waals surface area (Å²) in [7, 11) is 0.983. The highest BCUT2D eigenvalue weighted by molar-refractivity contribution is 5.80. The summed E-state index contributed by atoms with van der Waals surface area (Å²) in [5, 5.41) is 11.1. The van der Waals surface area contributed by atoms with E-state index in [4.69, 9.17) is 9.84 Å². The number of carboxylic acids is 1. The highest BCUT2D eigenvalue weighted by atomic mass is 19.1. The van der Waals surface area contributed by atoms with Crippen molar-refractivity contribution >= 4 is 12.1 Å². The molecule has 1 aromatic carbocycles. The van der Waals surface area contributed by atoms with Crippen LogP contribution in [0.15, 0.2) is 6.07 Å². The third-order valence-corrected chi connectivity index (χ3v) is 2.82. The van der Waals surface area contributed by atoms with Crippen molar-refractivity contribution in [1.82, 2.24) is 5.32 Å². The van der Waals surface area contributed by atoms with Gasteiger partial charge < -0.3 is 19.9 Å². The van der Waals surface area contributed by atoms with E-state index in [1.807, 2.05) is 5.32 Å². The molecule has 0 aromatic heterocycles. The van der Waals surface area contributed by atoms with Gasteiger partial charge in [-0.3, -0.25) is 0 Å². The third kappa shape index (κ3) is 5.04. The zero-order chi connectivity index (χ0) is 18.7. The Morgan fingerprint density at radius 1 is 1.25 bits per heavy atom. The summed E-state index contributed by atoms with van der Waals surface area (Å²) >= 11 is 0. The van der Waals surface area contributed by atoms with Crippen molar-refractivity contribution in [2.45, 2.75) is 38.8 Å². The van der Waals surface area contributed by atoms with Crippen LogP contribution in [0.4, 0.5) is 18.0 Å². The normalized spacial score (nSPS) is 12.5. The fraction of sp³-hybridized carbons (Fsp3) is 0.467. The molecule has 0 aliphatic rings. The van der Waals surface area contributed by atoms with Crippen molar-refractivity contribution in [3.8, 4) is 5.75 Å². The number of alkyl carbamates (subject to hydrolysis) is 1. The van der Waals surface area contributed by atoms with Crippen molar-refractivity contribution in [2.24, 2.45) is 0 Å². The van der Waals surface area contributed by atoms with Gasteiger partial charge in [-0.15, -0.1) is 0 Å². The molecule has 0 spiro atoms. The van der Waals surface area contributed by atoms with Gasteiger partial charge in [0.1, 0.15) is 17.5 Å². The molecule has 0 radical (unpaired) electrons. The fourth-order valence-electron chi connectivity index (χ4n) is 1.84. The van der Waals surface area contributed by atoms with Gasteiger partial charge in [0.2, 0.25) is 0 Å². The number of carbonyl (C=O) groups excluding carboxylic acids is 1. The van der Waals surface area contributed by atoms with Crippen LogP contribution in [-0.4, -0.2) is 35.9 Å². The molecule has 0 bridgehead atoms. The number of carbonyl (C=O) groups is 2. The summed E-state index contributed by atoms with van der Waals surface area (Å²) in [5.41, 5.74) is -1.61. The first-order valence-electron chi connectivity index (χ1n) is 6.89. The number of aliphatic carboxylic acids is 1. The van der Waals surface area contributed by atoms with E-state index < -0.39 is 58.9 Å². The van der Waals surface area contributed by atoms with Gasteiger partial charge in [-0.1, -0.05) is 0 Å². The quantitative estimate of drug-likeness (QED) is 0.854. The minimum atomic E-state index is -1.68. The average molecular weight is 349 g/mol. The van der Waals surface area contributed by atoms with E-state index in [0.29, 0.717) is 6.07 Å². The lowest BCUT2D eigenvalue weighted by atomic mass is 10.0. The number of methoxy groups -OCH3 is 1. The van der Waals surface area contributed by atoms with Gasteiger partial charge in [-0.2, -0.15) is 0 Å². The molecule has 9 heteroatoms. The zero-order valence-electron chi connectivity index (χ0n) is 13.6. The maximum absolute atomic E-state index is 14.1. The molecule has 6 nitrogen and oxygen atoms in total. The largest absolute Gasteiger partial charge is 0.491 e. The number of hydrogen-bond donors (Lipinski definition) is 2. The van der Waals surface area contributed by atoms with Crippen molar-refractivity contribution < 1.29 is 37.3 Å². The van der Waals surface area contributed by atoms with Crippen LogP contribution in [0.3, 0.4) is 0 Å². The highest BCUT2D eigenvalue weighted by Gasteiger charge is 2.28. The molecule has 2 N–H and O–H groups in total. The van der Waals surface area contributed by atoms with E-state index in [9.17, 15) is 22.8 Å². The van der Waals surface area contributed by atoms with E-state index in [-0.39, 0.29) is 0 Å². The van der Waals surface area contributed by atoms with Gasteiger partial charge in [0.15, 0.2) is 17.4 Å². The van der Waals surface area contributed by atoms with Crippen LogP contribution in [-0.2, 0) is 16.0 Å². The molecule has 0 aliphatic heterocycles. The van der Waals surface area contributed by atoms with E-state index >= 15 is 0 Å². The molecule has 1 aromatic rings. The summed E-state index contributed by atoms with van der Waals surface area (Å²) in [6.07, 6.45) is -1.83. The molecule has 0 heterocycles. The molecule has 0 saturated carbocycles. The Kier molecular flexibility index (Phi) is 6.05. The zero-order valence-corrected chi connectivity index (χ0v) is 13.6. The van der Waals surface area contributed by atoms with E-state index in [0.717, 1.165) is 7.11 Å². The summed E-state index contributed by atoms with van der Waals surface area (Å²) in [6.45, 7) is 4.69. The van der Waals surface area contributed by atoms with Crippen molar-refractivity contribution in [2.75, 3.05) is 7.11 Å². The summed E-state index contributed by atoms with van der Waals surface area (Å²) in [5.74, 6) is -6.30. The summed E-state index contributed by atoms with van der Waals surface area (Å²) in [4.78, 5) is 22.9. The third-order valence-electron chi connectivity index (χ3n) is 2.82. The van der Waals surface area contributed by atoms with Crippen molar-refractivity contribution in [1.29, 1.82) is 0 Å². The van der Waals surface area contributed by atoms with Gasteiger partial charge in [-0.25, -0.2) is 22.8 Å². The van der Waals surface area contributed by atoms with Crippen LogP contribution < -0.4 is 10.1 Å². The molecule has 0 saturated heterocycles. The van der Waals surface area contributed by atoms with Crippen LogP contribution in [0.1, 0.15) is 26.3 Å². The Bertz CT molecular complexity index is 643. The monoisotopic (exact) mass is 349 g/mol. The predicted molar refractivity (Wildman–Crippen MR) is 77.4 cm³/mol. The Labute approximate surface area is 136 Å². The second-order valence-electron chi connectivity index (χ2n) is 5.91. The Balaban J connectivity index is 3.06. The molecule has 1 unspecified atom stereocenters. The fourth-order valence-corrected chi connectivity index (χ4v) is 1.84. The molecule has 0 aliphatic carbocycles. The molecule has 1 amide bonds. The molecule has 24 heavy (non-hydrogen) atoms. The Hall–Kier alpha value is -2.45. The number of hydrogen-bond acceptors (Lipinski definition) is 4. The number of carboxylic acid groups (broad SMARTS) is 1. The van der Waals surface area contributed by atoms with Gasteiger partial charge >= 0.3 is 12.1 Å².